The van der Waals surface area contributed by atoms with Gasteiger partial charge in [0, 0.05) is 20.6 Å². The van der Waals surface area contributed by atoms with E-state index in [1.807, 2.05) is 43.4 Å². The maximum absolute atomic E-state index is 12.0. The first-order valence-corrected chi connectivity index (χ1v) is 8.13. The summed E-state index contributed by atoms with van der Waals surface area (Å²) in [5.74, 6) is 1.41. The summed E-state index contributed by atoms with van der Waals surface area (Å²) in [7, 11) is 7.10. The molecule has 0 unspecified atom stereocenters. The maximum atomic E-state index is 12.0. The zero-order chi connectivity index (χ0) is 18.0. The van der Waals surface area contributed by atoms with E-state index in [0.29, 0.717) is 18.1 Å². The highest BCUT2D eigenvalue weighted by molar-refractivity contribution is 5.85. The number of methoxy groups -OCH3 is 1. The third kappa shape index (κ3) is 3.71. The summed E-state index contributed by atoms with van der Waals surface area (Å²) in [4.78, 5) is 12.0. The summed E-state index contributed by atoms with van der Waals surface area (Å²) in [6.45, 7) is 1.18. The molecule has 0 amide bonds. The van der Waals surface area contributed by atoms with Crippen LogP contribution in [-0.4, -0.2) is 23.3 Å². The van der Waals surface area contributed by atoms with E-state index in [2.05, 4.69) is 5.32 Å². The van der Waals surface area contributed by atoms with E-state index in [1.165, 1.54) is 0 Å². The topological polar surface area (TPSA) is 57.4 Å². The number of nitrogens with zero attached hydrogens (tertiary/aromatic N) is 2. The van der Waals surface area contributed by atoms with Gasteiger partial charge in [-0.15, -0.1) is 12.4 Å². The Morgan fingerprint density at radius 1 is 0.962 bits per heavy atom. The lowest BCUT2D eigenvalue weighted by molar-refractivity contribution is 0.284. The van der Waals surface area contributed by atoms with Crippen molar-refractivity contribution in [2.45, 2.75) is 13.2 Å². The second kappa shape index (κ2) is 8.29. The minimum Gasteiger partial charge on any atom is -0.493 e. The number of fused-ring (bicyclic) bond motifs is 1. The molecule has 1 N–H and O–H groups in total. The summed E-state index contributed by atoms with van der Waals surface area (Å²) in [5, 5.41) is 3.12. The number of aromatic nitrogens is 2. The number of halogens is 1. The first-order valence-electron chi connectivity index (χ1n) is 8.13. The van der Waals surface area contributed by atoms with Gasteiger partial charge in [0.25, 0.3) is 0 Å². The van der Waals surface area contributed by atoms with E-state index in [9.17, 15) is 4.79 Å². The average molecular weight is 378 g/mol. The third-order valence-electron chi connectivity index (χ3n) is 4.34. The number of benzene rings is 2. The fourth-order valence-corrected chi connectivity index (χ4v) is 2.95. The molecule has 3 rings (SSSR count). The van der Waals surface area contributed by atoms with Crippen LogP contribution in [0.5, 0.6) is 11.5 Å². The molecule has 26 heavy (non-hydrogen) atoms. The molecule has 0 saturated heterocycles. The van der Waals surface area contributed by atoms with Crippen LogP contribution in [0.4, 0.5) is 0 Å². The van der Waals surface area contributed by atoms with Crippen molar-refractivity contribution < 1.29 is 9.47 Å². The van der Waals surface area contributed by atoms with Crippen LogP contribution < -0.4 is 20.5 Å². The van der Waals surface area contributed by atoms with Crippen LogP contribution in [0.15, 0.2) is 41.2 Å². The molecule has 0 fully saturated rings. The van der Waals surface area contributed by atoms with Crippen LogP contribution in [0.25, 0.3) is 11.0 Å². The van der Waals surface area contributed by atoms with Crippen LogP contribution in [-0.2, 0) is 27.2 Å². The van der Waals surface area contributed by atoms with Crippen LogP contribution >= 0.6 is 12.4 Å². The van der Waals surface area contributed by atoms with Gasteiger partial charge in [0.2, 0.25) is 0 Å². The van der Waals surface area contributed by atoms with Gasteiger partial charge in [-0.3, -0.25) is 9.13 Å². The summed E-state index contributed by atoms with van der Waals surface area (Å²) in [6.07, 6.45) is 0. The first-order chi connectivity index (χ1) is 12.0. The zero-order valence-corrected chi connectivity index (χ0v) is 16.2. The molecular weight excluding hydrogens is 354 g/mol. The van der Waals surface area contributed by atoms with Gasteiger partial charge in [0.15, 0.2) is 11.5 Å². The number of ether oxygens (including phenoxy) is 2. The van der Waals surface area contributed by atoms with E-state index in [1.54, 1.807) is 30.3 Å². The van der Waals surface area contributed by atoms with Crippen LogP contribution in [0, 0.1) is 0 Å². The van der Waals surface area contributed by atoms with Crippen LogP contribution in [0.1, 0.15) is 11.1 Å². The Morgan fingerprint density at radius 2 is 1.65 bits per heavy atom. The smallest absolute Gasteiger partial charge is 0.328 e. The Labute approximate surface area is 158 Å². The second-order valence-electron chi connectivity index (χ2n) is 6.03. The summed E-state index contributed by atoms with van der Waals surface area (Å²) in [5.41, 5.74) is 3.90. The highest BCUT2D eigenvalue weighted by Gasteiger charge is 2.10. The van der Waals surface area contributed by atoms with Crippen molar-refractivity contribution >= 4 is 23.4 Å². The lowest BCUT2D eigenvalue weighted by Crippen LogP contribution is -2.19. The van der Waals surface area contributed by atoms with E-state index in [4.69, 9.17) is 9.47 Å². The van der Waals surface area contributed by atoms with Gasteiger partial charge in [0.05, 0.1) is 18.1 Å². The van der Waals surface area contributed by atoms with Gasteiger partial charge >= 0.3 is 5.69 Å². The SMILES string of the molecule is CNCc1ccc(OCc2ccc3c(c2)n(C)c(=O)n3C)c(OC)c1.Cl. The normalized spacial score (nSPS) is 10.6. The highest BCUT2D eigenvalue weighted by Crippen LogP contribution is 2.29. The summed E-state index contributed by atoms with van der Waals surface area (Å²) >= 11 is 0. The van der Waals surface area contributed by atoms with Crippen LogP contribution in [0.2, 0.25) is 0 Å². The molecule has 0 saturated carbocycles. The molecular formula is C19H24ClN3O3. The monoisotopic (exact) mass is 377 g/mol. The molecule has 0 aliphatic heterocycles. The molecule has 6 nitrogen and oxygen atoms in total. The maximum Gasteiger partial charge on any atom is 0.328 e. The molecule has 7 heteroatoms. The first kappa shape index (κ1) is 19.9. The van der Waals surface area contributed by atoms with Crippen molar-refractivity contribution in [1.29, 1.82) is 0 Å². The van der Waals surface area contributed by atoms with Gasteiger partial charge in [-0.1, -0.05) is 12.1 Å². The Kier molecular flexibility index (Phi) is 6.34. The lowest BCUT2D eigenvalue weighted by atomic mass is 10.2. The molecule has 0 radical (unpaired) electrons. The number of hydrogen-bond acceptors (Lipinski definition) is 4. The van der Waals surface area contributed by atoms with Crippen molar-refractivity contribution in [3.63, 3.8) is 0 Å². The van der Waals surface area contributed by atoms with Crippen molar-refractivity contribution in [1.82, 2.24) is 14.5 Å². The fraction of sp³-hybridized carbons (Fsp3) is 0.316. The number of rotatable bonds is 6. The molecule has 0 aliphatic rings. The van der Waals surface area contributed by atoms with Gasteiger partial charge in [0.1, 0.15) is 6.61 Å². The quantitative estimate of drug-likeness (QED) is 0.717. The van der Waals surface area contributed by atoms with E-state index in [0.717, 1.165) is 28.7 Å². The average Bonchev–Trinajstić information content (AvgIpc) is 2.85. The molecule has 1 heterocycles. The predicted octanol–water partition coefficient (Wildman–Crippen LogP) is 2.61. The molecule has 140 valence electrons. The zero-order valence-electron chi connectivity index (χ0n) is 15.4. The van der Waals surface area contributed by atoms with Gasteiger partial charge in [-0.05, 0) is 42.4 Å². The Balaban J connectivity index is 0.00000243. The Morgan fingerprint density at radius 3 is 2.35 bits per heavy atom. The molecule has 0 atom stereocenters. The number of aryl methyl sites for hydroxylation is 2. The molecule has 0 aliphatic carbocycles. The fourth-order valence-electron chi connectivity index (χ4n) is 2.95. The summed E-state index contributed by atoms with van der Waals surface area (Å²) < 4.78 is 14.6. The minimum absolute atomic E-state index is 0. The van der Waals surface area contributed by atoms with E-state index in [-0.39, 0.29) is 18.1 Å². The summed E-state index contributed by atoms with van der Waals surface area (Å²) in [6, 6.07) is 11.8. The van der Waals surface area contributed by atoms with Crippen molar-refractivity contribution in [2.75, 3.05) is 14.2 Å². The number of nitrogens with one attached hydrogen (secondary N) is 1. The van der Waals surface area contributed by atoms with E-state index >= 15 is 0 Å². The standard InChI is InChI=1S/C19H23N3O3.ClH/c1-20-11-13-6-8-17(18(10-13)24-4)25-12-14-5-7-15-16(9-14)22(3)19(23)21(15)2;/h5-10,20H,11-12H2,1-4H3;1H. The Bertz CT molecular complexity index is 963. The van der Waals surface area contributed by atoms with Crippen LogP contribution in [0.3, 0.4) is 0 Å². The molecule has 0 bridgehead atoms. The molecule has 1 aromatic heterocycles. The van der Waals surface area contributed by atoms with Crippen molar-refractivity contribution in [3.05, 3.63) is 58.0 Å². The highest BCUT2D eigenvalue weighted by atomic mass is 35.5. The third-order valence-corrected chi connectivity index (χ3v) is 4.34. The number of imidazole rings is 1. The second-order valence-corrected chi connectivity index (χ2v) is 6.03. The van der Waals surface area contributed by atoms with E-state index < -0.39 is 0 Å². The molecule has 3 aromatic rings. The molecule has 2 aromatic carbocycles. The predicted molar refractivity (Wildman–Crippen MR) is 105 cm³/mol. The van der Waals surface area contributed by atoms with Gasteiger partial charge in [-0.25, -0.2) is 4.79 Å². The Hall–Kier alpha value is -2.44. The van der Waals surface area contributed by atoms with Crippen molar-refractivity contribution in [3.8, 4) is 11.5 Å². The number of hydrogen-bond donors (Lipinski definition) is 1. The van der Waals surface area contributed by atoms with Gasteiger partial charge < -0.3 is 14.8 Å². The minimum atomic E-state index is -0.0325. The lowest BCUT2D eigenvalue weighted by Gasteiger charge is -2.12. The molecule has 0 spiro atoms. The van der Waals surface area contributed by atoms with Gasteiger partial charge in [-0.2, -0.15) is 0 Å². The van der Waals surface area contributed by atoms with Crippen molar-refractivity contribution in [2.24, 2.45) is 14.1 Å². The largest absolute Gasteiger partial charge is 0.493 e.